The van der Waals surface area contributed by atoms with Crippen LogP contribution >= 0.6 is 0 Å². The van der Waals surface area contributed by atoms with Crippen LogP contribution in [0, 0.1) is 5.21 Å². The van der Waals surface area contributed by atoms with Crippen LogP contribution in [0.2, 0.25) is 0 Å². The molecule has 1 aliphatic rings. The van der Waals surface area contributed by atoms with Gasteiger partial charge in [-0.15, -0.1) is 0 Å². The van der Waals surface area contributed by atoms with Crippen molar-refractivity contribution in [2.75, 3.05) is 5.32 Å². The van der Waals surface area contributed by atoms with Crippen LogP contribution in [0.1, 0.15) is 0 Å². The molecule has 1 N–H and O–H groups in total. The van der Waals surface area contributed by atoms with Crippen molar-refractivity contribution in [2.24, 2.45) is 5.11 Å². The highest BCUT2D eigenvalue weighted by atomic mass is 16.5. The zero-order chi connectivity index (χ0) is 11.0. The normalized spacial score (nSPS) is 12.9. The number of nitrogens with one attached hydrogen (secondary N) is 1. The lowest BCUT2D eigenvalue weighted by atomic mass is 10.2. The minimum atomic E-state index is 0.527. The molecule has 0 spiro atoms. The molecular weight excluding hydrogens is 202 g/mol. The third-order valence-electron chi connectivity index (χ3n) is 2.48. The molecule has 0 atom stereocenters. The van der Waals surface area contributed by atoms with Gasteiger partial charge in [0.2, 0.25) is 0 Å². The second kappa shape index (κ2) is 3.34. The van der Waals surface area contributed by atoms with Crippen LogP contribution in [-0.4, -0.2) is 4.86 Å². The van der Waals surface area contributed by atoms with Crippen LogP contribution in [0.4, 0.5) is 22.7 Å². The fraction of sp³-hybridized carbons (Fsp3) is 0. The Balaban J connectivity index is 2.25. The van der Waals surface area contributed by atoms with Crippen molar-refractivity contribution in [3.05, 3.63) is 53.7 Å². The van der Waals surface area contributed by atoms with Gasteiger partial charge in [0.05, 0.1) is 5.69 Å². The third-order valence-corrected chi connectivity index (χ3v) is 2.48. The highest BCUT2D eigenvalue weighted by Gasteiger charge is 2.17. The van der Waals surface area contributed by atoms with E-state index in [1.54, 1.807) is 12.1 Å². The SMILES string of the molecule is [O-][N+]1=Nc2ccccc2Nc2ccccc21. The first kappa shape index (κ1) is 8.91. The summed E-state index contributed by atoms with van der Waals surface area (Å²) >= 11 is 0. The van der Waals surface area contributed by atoms with Gasteiger partial charge < -0.3 is 10.5 Å². The molecule has 2 aromatic rings. The van der Waals surface area contributed by atoms with Crippen molar-refractivity contribution in [3.8, 4) is 0 Å². The van der Waals surface area contributed by atoms with Crippen LogP contribution in [0.5, 0.6) is 0 Å². The maximum Gasteiger partial charge on any atom is 0.268 e. The van der Waals surface area contributed by atoms with Gasteiger partial charge in [0.15, 0.2) is 5.69 Å². The lowest BCUT2D eigenvalue weighted by Crippen LogP contribution is -1.93. The topological polar surface area (TPSA) is 50.5 Å². The Morgan fingerprint density at radius 1 is 0.938 bits per heavy atom. The van der Waals surface area contributed by atoms with Crippen molar-refractivity contribution in [3.63, 3.8) is 0 Å². The summed E-state index contributed by atoms with van der Waals surface area (Å²) in [6.07, 6.45) is 0. The van der Waals surface area contributed by atoms with Crippen molar-refractivity contribution >= 4 is 22.7 Å². The second-order valence-electron chi connectivity index (χ2n) is 3.53. The zero-order valence-corrected chi connectivity index (χ0v) is 8.42. The summed E-state index contributed by atoms with van der Waals surface area (Å²) in [7, 11) is 0. The van der Waals surface area contributed by atoms with E-state index < -0.39 is 0 Å². The van der Waals surface area contributed by atoms with Gasteiger partial charge in [0.25, 0.3) is 5.69 Å². The molecule has 1 aliphatic heterocycles. The molecule has 0 radical (unpaired) electrons. The van der Waals surface area contributed by atoms with Gasteiger partial charge in [0, 0.05) is 11.2 Å². The Labute approximate surface area is 92.4 Å². The molecule has 16 heavy (non-hydrogen) atoms. The average Bonchev–Trinajstić information content (AvgIpc) is 2.45. The molecule has 0 aliphatic carbocycles. The number of hydrogen-bond donors (Lipinski definition) is 1. The third kappa shape index (κ3) is 1.32. The number of azo groups is 1. The smallest absolute Gasteiger partial charge is 0.268 e. The van der Waals surface area contributed by atoms with Crippen LogP contribution in [-0.2, 0) is 0 Å². The molecule has 0 bridgehead atoms. The lowest BCUT2D eigenvalue weighted by molar-refractivity contribution is -0.434. The first-order chi connectivity index (χ1) is 7.84. The number of fused-ring (bicyclic) bond motifs is 2. The first-order valence-electron chi connectivity index (χ1n) is 4.98. The molecular formula is C12H9N3O. The van der Waals surface area contributed by atoms with Crippen LogP contribution in [0.3, 0.4) is 0 Å². The van der Waals surface area contributed by atoms with Crippen molar-refractivity contribution < 1.29 is 4.86 Å². The van der Waals surface area contributed by atoms with Crippen molar-refractivity contribution in [2.45, 2.75) is 0 Å². The fourth-order valence-corrected chi connectivity index (χ4v) is 1.71. The highest BCUT2D eigenvalue weighted by Crippen LogP contribution is 2.36. The van der Waals surface area contributed by atoms with Gasteiger partial charge in [-0.1, -0.05) is 24.3 Å². The Morgan fingerprint density at radius 3 is 2.50 bits per heavy atom. The van der Waals surface area contributed by atoms with Gasteiger partial charge in [0.1, 0.15) is 5.69 Å². The van der Waals surface area contributed by atoms with E-state index >= 15 is 0 Å². The molecule has 4 heteroatoms. The Hall–Kier alpha value is -2.36. The predicted octanol–water partition coefficient (Wildman–Crippen LogP) is 3.67. The molecule has 0 aromatic heterocycles. The molecule has 0 saturated heterocycles. The van der Waals surface area contributed by atoms with Crippen LogP contribution < -0.4 is 5.32 Å². The zero-order valence-electron chi connectivity index (χ0n) is 8.42. The first-order valence-corrected chi connectivity index (χ1v) is 4.98. The largest absolute Gasteiger partial charge is 0.594 e. The minimum absolute atomic E-state index is 0.527. The maximum atomic E-state index is 11.8. The number of hydrogen-bond acceptors (Lipinski definition) is 3. The molecule has 3 rings (SSSR count). The highest BCUT2D eigenvalue weighted by molar-refractivity contribution is 5.77. The van der Waals surface area contributed by atoms with E-state index in [-0.39, 0.29) is 0 Å². The predicted molar refractivity (Wildman–Crippen MR) is 61.5 cm³/mol. The quantitative estimate of drug-likeness (QED) is 0.534. The minimum Gasteiger partial charge on any atom is -0.594 e. The molecule has 0 saturated carbocycles. The van der Waals surface area contributed by atoms with E-state index in [1.165, 1.54) is 0 Å². The number of nitrogens with zero attached hydrogens (tertiary/aromatic N) is 2. The molecule has 4 nitrogen and oxygen atoms in total. The van der Waals surface area contributed by atoms with E-state index in [0.29, 0.717) is 16.2 Å². The second-order valence-corrected chi connectivity index (χ2v) is 3.53. The standard InChI is InChI=1S/C12H9N3O/c16-15-12-8-4-3-7-11(12)13-9-5-1-2-6-10(9)14-15/h1-8,13H. The Bertz CT molecular complexity index is 578. The van der Waals surface area contributed by atoms with Crippen molar-refractivity contribution in [1.82, 2.24) is 0 Å². The van der Waals surface area contributed by atoms with Gasteiger partial charge >= 0.3 is 0 Å². The van der Waals surface area contributed by atoms with E-state index in [0.717, 1.165) is 11.4 Å². The van der Waals surface area contributed by atoms with E-state index in [4.69, 9.17) is 0 Å². The number of anilines is 2. The monoisotopic (exact) mass is 211 g/mol. The number of para-hydroxylation sites is 3. The summed E-state index contributed by atoms with van der Waals surface area (Å²) < 4.78 is 0. The van der Waals surface area contributed by atoms with Gasteiger partial charge in [-0.25, -0.2) is 0 Å². The Morgan fingerprint density at radius 2 is 1.62 bits per heavy atom. The summed E-state index contributed by atoms with van der Waals surface area (Å²) in [6.45, 7) is 0. The van der Waals surface area contributed by atoms with Crippen LogP contribution in [0.25, 0.3) is 0 Å². The molecule has 0 unspecified atom stereocenters. The van der Waals surface area contributed by atoms with Gasteiger partial charge in [-0.2, -0.15) is 0 Å². The molecule has 0 fully saturated rings. The van der Waals surface area contributed by atoms with Crippen LogP contribution in [0.15, 0.2) is 53.6 Å². The van der Waals surface area contributed by atoms with Gasteiger partial charge in [-0.05, 0) is 23.1 Å². The summed E-state index contributed by atoms with van der Waals surface area (Å²) in [4.78, 5) is 0.647. The van der Waals surface area contributed by atoms with E-state index in [2.05, 4.69) is 10.4 Å². The Kier molecular flexibility index (Phi) is 1.86. The summed E-state index contributed by atoms with van der Waals surface area (Å²) in [5, 5.41) is 19.0. The maximum absolute atomic E-state index is 11.8. The average molecular weight is 211 g/mol. The van der Waals surface area contributed by atoms with Crippen molar-refractivity contribution in [1.29, 1.82) is 0 Å². The molecule has 0 amide bonds. The molecule has 78 valence electrons. The van der Waals surface area contributed by atoms with E-state index in [1.807, 2.05) is 36.4 Å². The van der Waals surface area contributed by atoms with E-state index in [9.17, 15) is 5.21 Å². The summed E-state index contributed by atoms with van der Waals surface area (Å²) in [5.41, 5.74) is 2.78. The number of benzene rings is 2. The molecule has 1 heterocycles. The number of rotatable bonds is 0. The van der Waals surface area contributed by atoms with Gasteiger partial charge in [-0.3, -0.25) is 0 Å². The molecule has 2 aromatic carbocycles. The summed E-state index contributed by atoms with van der Waals surface area (Å²) in [6, 6.07) is 14.8. The summed E-state index contributed by atoms with van der Waals surface area (Å²) in [5.74, 6) is 0. The fourth-order valence-electron chi connectivity index (χ4n) is 1.71. The lowest BCUT2D eigenvalue weighted by Gasteiger charge is -2.04.